The molecule has 0 amide bonds. The maximum Gasteiger partial charge on any atom is 0.303 e. The van der Waals surface area contributed by atoms with Gasteiger partial charge in [0, 0.05) is 12.3 Å². The van der Waals surface area contributed by atoms with Gasteiger partial charge in [-0.2, -0.15) is 0 Å². The molecule has 2 aliphatic rings. The molecule has 1 N–H and O–H groups in total. The molecule has 0 radical (unpaired) electrons. The molecule has 1 saturated heterocycles. The average Bonchev–Trinajstić information content (AvgIpc) is 2.90. The number of carboxylic acid groups (broad SMARTS) is 1. The van der Waals surface area contributed by atoms with Crippen LogP contribution in [-0.2, 0) is 17.6 Å². The van der Waals surface area contributed by atoms with E-state index in [9.17, 15) is 4.79 Å². The van der Waals surface area contributed by atoms with Crippen molar-refractivity contribution < 1.29 is 9.90 Å². The summed E-state index contributed by atoms with van der Waals surface area (Å²) < 4.78 is 0. The summed E-state index contributed by atoms with van der Waals surface area (Å²) in [7, 11) is 0. The number of carboxylic acids is 1. The van der Waals surface area contributed by atoms with E-state index in [1.54, 1.807) is 0 Å². The second-order valence-corrected chi connectivity index (χ2v) is 8.81. The summed E-state index contributed by atoms with van der Waals surface area (Å²) in [6, 6.07) is 18.1. The summed E-state index contributed by atoms with van der Waals surface area (Å²) in [5.41, 5.74) is 6.11. The van der Waals surface area contributed by atoms with Crippen LogP contribution < -0.4 is 0 Å². The Morgan fingerprint density at radius 3 is 2.07 bits per heavy atom. The molecular formula is C26H33NO2. The Balaban J connectivity index is 1.35. The fraction of sp³-hybridized carbons (Fsp3) is 0.500. The fourth-order valence-electron chi connectivity index (χ4n) is 5.30. The van der Waals surface area contributed by atoms with Gasteiger partial charge in [-0.25, -0.2) is 0 Å². The zero-order valence-electron chi connectivity index (χ0n) is 17.4. The molecule has 0 atom stereocenters. The third-order valence-corrected chi connectivity index (χ3v) is 6.97. The molecule has 1 aliphatic carbocycles. The second kappa shape index (κ2) is 9.58. The van der Waals surface area contributed by atoms with E-state index in [2.05, 4.69) is 53.4 Å². The first-order valence-corrected chi connectivity index (χ1v) is 11.3. The van der Waals surface area contributed by atoms with E-state index < -0.39 is 5.97 Å². The van der Waals surface area contributed by atoms with Crippen molar-refractivity contribution in [1.82, 2.24) is 4.90 Å². The normalized spacial score (nSPS) is 18.1. The van der Waals surface area contributed by atoms with E-state index >= 15 is 0 Å². The van der Waals surface area contributed by atoms with E-state index in [4.69, 9.17) is 5.11 Å². The average molecular weight is 392 g/mol. The van der Waals surface area contributed by atoms with Crippen LogP contribution in [0.4, 0.5) is 0 Å². The number of nitrogens with zero attached hydrogens (tertiary/aromatic N) is 1. The Labute approximate surface area is 174 Å². The van der Waals surface area contributed by atoms with E-state index in [1.807, 2.05) is 0 Å². The van der Waals surface area contributed by atoms with Crippen molar-refractivity contribution in [2.24, 2.45) is 5.92 Å². The van der Waals surface area contributed by atoms with E-state index in [1.165, 1.54) is 35.1 Å². The van der Waals surface area contributed by atoms with E-state index in [-0.39, 0.29) is 0 Å². The van der Waals surface area contributed by atoms with Crippen molar-refractivity contribution in [3.05, 3.63) is 70.8 Å². The van der Waals surface area contributed by atoms with E-state index in [0.29, 0.717) is 18.3 Å². The SMILES string of the molecule is O=C(O)CCC1CCN(CCCC2c3ccccc3CCc3ccccc32)CC1. The summed E-state index contributed by atoms with van der Waals surface area (Å²) in [6.45, 7) is 3.41. The Morgan fingerprint density at radius 1 is 0.897 bits per heavy atom. The molecule has 0 bridgehead atoms. The first-order chi connectivity index (χ1) is 14.2. The lowest BCUT2D eigenvalue weighted by molar-refractivity contribution is -0.137. The summed E-state index contributed by atoms with van der Waals surface area (Å²) in [5.74, 6) is 0.456. The topological polar surface area (TPSA) is 40.5 Å². The van der Waals surface area contributed by atoms with Crippen LogP contribution in [0.2, 0.25) is 0 Å². The third kappa shape index (κ3) is 5.08. The van der Waals surface area contributed by atoms with Crippen molar-refractivity contribution in [1.29, 1.82) is 0 Å². The zero-order valence-corrected chi connectivity index (χ0v) is 17.4. The largest absolute Gasteiger partial charge is 0.481 e. The zero-order chi connectivity index (χ0) is 20.1. The highest BCUT2D eigenvalue weighted by Gasteiger charge is 2.24. The van der Waals surface area contributed by atoms with Crippen molar-refractivity contribution in [2.75, 3.05) is 19.6 Å². The standard InChI is InChI=1S/C26H33NO2/c28-26(29)14-11-20-15-18-27(19-16-20)17-5-10-25-23-8-3-1-6-21(23)12-13-22-7-2-4-9-24(22)25/h1-4,6-9,20,25H,5,10-19H2,(H,28,29). The summed E-state index contributed by atoms with van der Waals surface area (Å²) in [6.07, 6.45) is 8.19. The quantitative estimate of drug-likeness (QED) is 0.699. The van der Waals surface area contributed by atoms with E-state index in [0.717, 1.165) is 51.7 Å². The summed E-state index contributed by atoms with van der Waals surface area (Å²) >= 11 is 0. The predicted molar refractivity (Wildman–Crippen MR) is 117 cm³/mol. The Morgan fingerprint density at radius 2 is 1.48 bits per heavy atom. The number of carbonyl (C=O) groups is 1. The fourth-order valence-corrected chi connectivity index (χ4v) is 5.30. The van der Waals surface area contributed by atoms with Gasteiger partial charge in [0.15, 0.2) is 0 Å². The number of likely N-dealkylation sites (tertiary alicyclic amines) is 1. The molecule has 2 aromatic carbocycles. The van der Waals surface area contributed by atoms with Crippen molar-refractivity contribution in [3.63, 3.8) is 0 Å². The molecule has 0 unspecified atom stereocenters. The minimum absolute atomic E-state index is 0.325. The highest BCUT2D eigenvalue weighted by atomic mass is 16.4. The minimum Gasteiger partial charge on any atom is -0.481 e. The molecule has 154 valence electrons. The van der Waals surface area contributed by atoms with Crippen LogP contribution in [0.3, 0.4) is 0 Å². The molecule has 0 saturated carbocycles. The summed E-state index contributed by atoms with van der Waals surface area (Å²) in [4.78, 5) is 13.4. The number of hydrogen-bond donors (Lipinski definition) is 1. The van der Waals surface area contributed by atoms with Crippen LogP contribution in [0, 0.1) is 5.92 Å². The maximum absolute atomic E-state index is 10.8. The van der Waals surface area contributed by atoms with Gasteiger partial charge in [0.05, 0.1) is 0 Å². The Bertz CT molecular complexity index is 775. The van der Waals surface area contributed by atoms with Crippen LogP contribution >= 0.6 is 0 Å². The molecule has 4 rings (SSSR count). The summed E-state index contributed by atoms with van der Waals surface area (Å²) in [5, 5.41) is 8.89. The highest BCUT2D eigenvalue weighted by Crippen LogP contribution is 2.37. The highest BCUT2D eigenvalue weighted by molar-refractivity contribution is 5.66. The van der Waals surface area contributed by atoms with Crippen molar-refractivity contribution in [2.45, 2.75) is 57.3 Å². The van der Waals surface area contributed by atoms with Gasteiger partial charge in [0.2, 0.25) is 0 Å². The minimum atomic E-state index is -0.656. The van der Waals surface area contributed by atoms with Crippen molar-refractivity contribution in [3.8, 4) is 0 Å². The maximum atomic E-state index is 10.8. The molecule has 3 nitrogen and oxygen atoms in total. The molecule has 29 heavy (non-hydrogen) atoms. The van der Waals surface area contributed by atoms with Gasteiger partial charge >= 0.3 is 5.97 Å². The number of aliphatic carboxylic acids is 1. The van der Waals surface area contributed by atoms with Crippen LogP contribution in [0.5, 0.6) is 0 Å². The smallest absolute Gasteiger partial charge is 0.303 e. The van der Waals surface area contributed by atoms with Gasteiger partial charge in [-0.05, 0) is 92.8 Å². The predicted octanol–water partition coefficient (Wildman–Crippen LogP) is 5.27. The molecular weight excluding hydrogens is 358 g/mol. The number of benzene rings is 2. The Hall–Kier alpha value is -2.13. The van der Waals surface area contributed by atoms with Crippen LogP contribution in [0.1, 0.15) is 66.7 Å². The lowest BCUT2D eigenvalue weighted by Gasteiger charge is -2.32. The molecule has 0 aromatic heterocycles. The van der Waals surface area contributed by atoms with Crippen LogP contribution in [-0.4, -0.2) is 35.6 Å². The number of rotatable bonds is 7. The number of aryl methyl sites for hydroxylation is 2. The van der Waals surface area contributed by atoms with Gasteiger partial charge in [-0.15, -0.1) is 0 Å². The third-order valence-electron chi connectivity index (χ3n) is 6.97. The van der Waals surface area contributed by atoms with Gasteiger partial charge in [0.25, 0.3) is 0 Å². The number of piperidine rings is 1. The Kier molecular flexibility index (Phi) is 6.66. The molecule has 2 aromatic rings. The van der Waals surface area contributed by atoms with Crippen LogP contribution in [0.25, 0.3) is 0 Å². The monoisotopic (exact) mass is 391 g/mol. The lowest BCUT2D eigenvalue weighted by Crippen LogP contribution is -2.34. The molecule has 1 heterocycles. The molecule has 1 aliphatic heterocycles. The second-order valence-electron chi connectivity index (χ2n) is 8.81. The lowest BCUT2D eigenvalue weighted by atomic mass is 9.84. The molecule has 0 spiro atoms. The molecule has 3 heteroatoms. The van der Waals surface area contributed by atoms with Gasteiger partial charge in [-0.3, -0.25) is 4.79 Å². The van der Waals surface area contributed by atoms with Gasteiger partial charge < -0.3 is 10.0 Å². The number of fused-ring (bicyclic) bond motifs is 2. The first kappa shape index (κ1) is 20.2. The van der Waals surface area contributed by atoms with Crippen LogP contribution in [0.15, 0.2) is 48.5 Å². The van der Waals surface area contributed by atoms with Gasteiger partial charge in [-0.1, -0.05) is 48.5 Å². The van der Waals surface area contributed by atoms with Gasteiger partial charge in [0.1, 0.15) is 0 Å². The number of hydrogen-bond acceptors (Lipinski definition) is 2. The van der Waals surface area contributed by atoms with Crippen molar-refractivity contribution >= 4 is 5.97 Å². The molecule has 1 fully saturated rings. The first-order valence-electron chi connectivity index (χ1n) is 11.3.